The summed E-state index contributed by atoms with van der Waals surface area (Å²) in [5.41, 5.74) is 2.83. The molecule has 1 atom stereocenters. The Balaban J connectivity index is 0.00000364. The first-order valence-corrected chi connectivity index (χ1v) is 11.1. The molecule has 5 nitrogen and oxygen atoms in total. The van der Waals surface area contributed by atoms with E-state index in [2.05, 4.69) is 58.0 Å². The summed E-state index contributed by atoms with van der Waals surface area (Å²) in [6.45, 7) is 6.84. The molecular weight excluding hydrogens is 471 g/mol. The fraction of sp³-hybridized carbons (Fsp3) is 0.650. The number of hydrogen-bond acceptors (Lipinski definition) is 4. The van der Waals surface area contributed by atoms with E-state index in [4.69, 9.17) is 0 Å². The fourth-order valence-electron chi connectivity index (χ4n) is 3.18. The number of aliphatic hydroxyl groups is 1. The molecule has 0 saturated carbocycles. The van der Waals surface area contributed by atoms with E-state index in [-0.39, 0.29) is 24.0 Å². The third-order valence-electron chi connectivity index (χ3n) is 4.55. The number of guanidine groups is 1. The zero-order chi connectivity index (χ0) is 18.6. The number of unbranched alkanes of at least 4 members (excludes halogenated alkanes) is 1. The Labute approximate surface area is 185 Å². The van der Waals surface area contributed by atoms with E-state index in [1.807, 2.05) is 11.8 Å². The van der Waals surface area contributed by atoms with E-state index in [0.29, 0.717) is 13.1 Å². The summed E-state index contributed by atoms with van der Waals surface area (Å²) in [7, 11) is 0. The van der Waals surface area contributed by atoms with Gasteiger partial charge in [-0.05, 0) is 49.3 Å². The van der Waals surface area contributed by atoms with Crippen LogP contribution in [0.1, 0.15) is 30.9 Å². The second-order valence-electron chi connectivity index (χ2n) is 6.75. The summed E-state index contributed by atoms with van der Waals surface area (Å²) in [4.78, 5) is 6.88. The van der Waals surface area contributed by atoms with Gasteiger partial charge in [0.15, 0.2) is 5.96 Å². The average Bonchev–Trinajstić information content (AvgIpc) is 2.65. The highest BCUT2D eigenvalue weighted by molar-refractivity contribution is 14.0. The van der Waals surface area contributed by atoms with E-state index in [0.717, 1.165) is 45.0 Å². The number of nitrogens with zero attached hydrogens (tertiary/aromatic N) is 2. The van der Waals surface area contributed by atoms with E-state index in [9.17, 15) is 5.11 Å². The zero-order valence-electron chi connectivity index (χ0n) is 16.6. The van der Waals surface area contributed by atoms with Gasteiger partial charge < -0.3 is 15.7 Å². The van der Waals surface area contributed by atoms with Crippen molar-refractivity contribution >= 4 is 41.7 Å². The van der Waals surface area contributed by atoms with Crippen LogP contribution in [0.15, 0.2) is 29.3 Å². The van der Waals surface area contributed by atoms with Gasteiger partial charge in [0.05, 0.1) is 12.6 Å². The van der Waals surface area contributed by atoms with Gasteiger partial charge in [-0.2, -0.15) is 11.8 Å². The van der Waals surface area contributed by atoms with Crippen molar-refractivity contribution in [3.8, 4) is 0 Å². The quantitative estimate of drug-likeness (QED) is 0.197. The Kier molecular flexibility index (Phi) is 13.2. The van der Waals surface area contributed by atoms with E-state index >= 15 is 0 Å². The zero-order valence-corrected chi connectivity index (χ0v) is 19.8. The number of nitrogens with one attached hydrogen (secondary N) is 2. The van der Waals surface area contributed by atoms with Crippen LogP contribution in [0.4, 0.5) is 0 Å². The minimum absolute atomic E-state index is 0. The molecule has 0 aliphatic carbocycles. The first-order valence-electron chi connectivity index (χ1n) is 9.71. The average molecular weight is 506 g/mol. The molecule has 0 spiro atoms. The number of benzene rings is 1. The molecule has 0 fully saturated rings. The summed E-state index contributed by atoms with van der Waals surface area (Å²) in [6, 6.07) is 8.60. The largest absolute Gasteiger partial charge is 0.390 e. The summed E-state index contributed by atoms with van der Waals surface area (Å²) in [5, 5.41) is 17.0. The maximum atomic E-state index is 10.4. The van der Waals surface area contributed by atoms with Crippen molar-refractivity contribution in [3.63, 3.8) is 0 Å². The van der Waals surface area contributed by atoms with E-state index < -0.39 is 6.10 Å². The third kappa shape index (κ3) is 9.49. The van der Waals surface area contributed by atoms with Crippen LogP contribution in [0.5, 0.6) is 0 Å². The molecule has 0 amide bonds. The second kappa shape index (κ2) is 14.5. The number of rotatable bonds is 10. The van der Waals surface area contributed by atoms with Gasteiger partial charge in [-0.15, -0.1) is 24.0 Å². The smallest absolute Gasteiger partial charge is 0.191 e. The molecule has 1 aromatic rings. The highest BCUT2D eigenvalue weighted by Crippen LogP contribution is 2.18. The number of halogens is 1. The van der Waals surface area contributed by atoms with Gasteiger partial charge in [0.2, 0.25) is 0 Å². The van der Waals surface area contributed by atoms with Crippen molar-refractivity contribution in [1.82, 2.24) is 15.5 Å². The van der Waals surface area contributed by atoms with Gasteiger partial charge in [0.1, 0.15) is 0 Å². The molecule has 0 radical (unpaired) electrons. The first-order chi connectivity index (χ1) is 12.7. The normalized spacial score (nSPS) is 15.6. The van der Waals surface area contributed by atoms with Crippen molar-refractivity contribution < 1.29 is 5.11 Å². The standard InChI is InChI=1S/C20H34N4OS.HI/c1-3-21-20(22-11-6-7-13-26-2)23-14-19(25)16-24-12-10-17-8-4-5-9-18(17)15-24;/h4-5,8-9,19,25H,3,6-7,10-16H2,1-2H3,(H2,21,22,23);1H. The molecule has 27 heavy (non-hydrogen) atoms. The number of hydrogen-bond donors (Lipinski definition) is 3. The van der Waals surface area contributed by atoms with Crippen LogP contribution < -0.4 is 10.6 Å². The molecule has 0 saturated heterocycles. The van der Waals surface area contributed by atoms with Crippen LogP contribution in [-0.2, 0) is 13.0 Å². The van der Waals surface area contributed by atoms with E-state index in [1.165, 1.54) is 23.3 Å². The number of β-amino-alcohol motifs (C(OH)–C–C–N with tert-alkyl or cyclic N) is 1. The third-order valence-corrected chi connectivity index (χ3v) is 5.25. The van der Waals surface area contributed by atoms with Crippen molar-refractivity contribution in [2.45, 2.75) is 38.8 Å². The van der Waals surface area contributed by atoms with Gasteiger partial charge in [0.25, 0.3) is 0 Å². The van der Waals surface area contributed by atoms with Gasteiger partial charge >= 0.3 is 0 Å². The lowest BCUT2D eigenvalue weighted by Gasteiger charge is -2.30. The number of aliphatic imine (C=N–C) groups is 1. The Bertz CT molecular complexity index is 559. The lowest BCUT2D eigenvalue weighted by atomic mass is 10.00. The number of fused-ring (bicyclic) bond motifs is 1. The van der Waals surface area contributed by atoms with Crippen LogP contribution in [0.25, 0.3) is 0 Å². The van der Waals surface area contributed by atoms with Gasteiger partial charge in [-0.3, -0.25) is 9.89 Å². The molecule has 1 unspecified atom stereocenters. The first kappa shape index (κ1) is 24.5. The molecule has 2 rings (SSSR count). The van der Waals surface area contributed by atoms with Crippen LogP contribution >= 0.6 is 35.7 Å². The molecule has 154 valence electrons. The Morgan fingerprint density at radius 2 is 2.04 bits per heavy atom. The maximum Gasteiger partial charge on any atom is 0.191 e. The highest BCUT2D eigenvalue weighted by atomic mass is 127. The highest BCUT2D eigenvalue weighted by Gasteiger charge is 2.18. The number of aliphatic hydroxyl groups excluding tert-OH is 1. The van der Waals surface area contributed by atoms with Crippen LogP contribution in [0.2, 0.25) is 0 Å². The lowest BCUT2D eigenvalue weighted by molar-refractivity contribution is 0.111. The van der Waals surface area contributed by atoms with Gasteiger partial charge in [-0.25, -0.2) is 0 Å². The maximum absolute atomic E-state index is 10.4. The summed E-state index contributed by atoms with van der Waals surface area (Å²) in [5.74, 6) is 2.01. The molecule has 7 heteroatoms. The fourth-order valence-corrected chi connectivity index (χ4v) is 3.68. The lowest BCUT2D eigenvalue weighted by Crippen LogP contribution is -2.40. The Morgan fingerprint density at radius 1 is 1.26 bits per heavy atom. The Hall–Kier alpha value is -0.510. The number of thioether (sulfide) groups is 1. The van der Waals surface area contributed by atoms with Gasteiger partial charge in [-0.1, -0.05) is 24.3 Å². The molecule has 1 heterocycles. The second-order valence-corrected chi connectivity index (χ2v) is 7.74. The topological polar surface area (TPSA) is 59.9 Å². The predicted octanol–water partition coefficient (Wildman–Crippen LogP) is 2.72. The van der Waals surface area contributed by atoms with Crippen molar-refractivity contribution in [1.29, 1.82) is 0 Å². The predicted molar refractivity (Wildman–Crippen MR) is 128 cm³/mol. The molecule has 0 bridgehead atoms. The summed E-state index contributed by atoms with van der Waals surface area (Å²) < 4.78 is 0. The summed E-state index contributed by atoms with van der Waals surface area (Å²) >= 11 is 1.89. The Morgan fingerprint density at radius 3 is 2.78 bits per heavy atom. The van der Waals surface area contributed by atoms with Crippen molar-refractivity contribution in [2.75, 3.05) is 44.7 Å². The van der Waals surface area contributed by atoms with Crippen molar-refractivity contribution in [2.24, 2.45) is 4.99 Å². The monoisotopic (exact) mass is 506 g/mol. The minimum Gasteiger partial charge on any atom is -0.390 e. The molecule has 3 N–H and O–H groups in total. The van der Waals surface area contributed by atoms with Crippen molar-refractivity contribution in [3.05, 3.63) is 35.4 Å². The molecule has 0 aromatic heterocycles. The molecular formula is C20H35IN4OS. The molecule has 1 aliphatic rings. The molecule has 1 aromatic carbocycles. The minimum atomic E-state index is -0.438. The molecule has 1 aliphatic heterocycles. The SMILES string of the molecule is CCNC(=NCC(O)CN1CCc2ccccc2C1)NCCCCSC.I. The van der Waals surface area contributed by atoms with Crippen LogP contribution in [-0.4, -0.2) is 66.8 Å². The summed E-state index contributed by atoms with van der Waals surface area (Å²) in [6.07, 6.45) is 5.12. The van der Waals surface area contributed by atoms with Gasteiger partial charge in [0, 0.05) is 32.7 Å². The van der Waals surface area contributed by atoms with Crippen LogP contribution in [0, 0.1) is 0 Å². The van der Waals surface area contributed by atoms with E-state index in [1.54, 1.807) is 0 Å². The van der Waals surface area contributed by atoms with Crippen LogP contribution in [0.3, 0.4) is 0 Å².